The Morgan fingerprint density at radius 2 is 0.534 bits per heavy atom. The fraction of sp³-hybridized carbons (Fsp3) is 0. The smallest absolute Gasteiger partial charge is 0.165 e. The molecule has 0 N–H and O–H groups in total. The van der Waals surface area contributed by atoms with Crippen LogP contribution in [0.25, 0.3) is 264 Å². The summed E-state index contributed by atoms with van der Waals surface area (Å²) in [4.78, 5) is 30.4. The summed E-state index contributed by atoms with van der Waals surface area (Å²) in [6.07, 6.45) is 0. The second-order valence-electron chi connectivity index (χ2n) is 30.8. The lowest BCUT2D eigenvalue weighted by atomic mass is 9.97. The van der Waals surface area contributed by atoms with Gasteiger partial charge in [0.05, 0.1) is 66.2 Å². The van der Waals surface area contributed by atoms with Crippen molar-refractivity contribution in [2.45, 2.75) is 0 Å². The lowest BCUT2D eigenvalue weighted by Gasteiger charge is -2.07. The third kappa shape index (κ3) is 8.91. The molecular formula is C104H55N9S3. The number of benzene rings is 17. The molecule has 29 rings (SSSR count). The molecule has 116 heavy (non-hydrogen) atoms. The standard InChI is InChI=1S/2C36H19N3S.C32H17N3S/c1-2-9-22-20(7-1)8-5-10-23(22)21-15-16-24-28-18-27-25-11-6-12-26-34-36(38-30-14-4-3-13-29(30)37-34)39(35(25)26)31(27)19-33(28)40-32(24)17-21;1-2-7-21-16-22(13-12-20(21)6-1)23-14-15-32-27(17-23)28-18-26-24-8-5-9-25-34-36(38-30-11-4-3-10-29(30)37-34)39(35(24)25)31(26)19-33(28)40-32;1-2-7-18(8-3-1)19-13-14-20-24-16-23-21-9-6-10-22-30-32(34-26-12-5-4-11-25(26)33-30)35(31(21)22)27(23)17-29(24)36-28(20)15-19/h2*1-19H;1-17H. The van der Waals surface area contributed by atoms with Crippen molar-refractivity contribution in [3.8, 4) is 33.4 Å². The number of rotatable bonds is 3. The van der Waals surface area contributed by atoms with Crippen LogP contribution >= 0.6 is 34.0 Å². The summed E-state index contributed by atoms with van der Waals surface area (Å²) in [5.74, 6) is 0. The van der Waals surface area contributed by atoms with E-state index in [1.54, 1.807) is 0 Å². The second kappa shape index (κ2) is 23.5. The van der Waals surface area contributed by atoms with Gasteiger partial charge in [-0.25, -0.2) is 29.9 Å². The van der Waals surface area contributed by atoms with Crippen LogP contribution in [0.2, 0.25) is 0 Å². The third-order valence-corrected chi connectivity index (χ3v) is 27.9. The highest BCUT2D eigenvalue weighted by molar-refractivity contribution is 7.26. The molecule has 9 nitrogen and oxygen atoms in total. The van der Waals surface area contributed by atoms with Gasteiger partial charge in [0.15, 0.2) is 16.9 Å². The Morgan fingerprint density at radius 3 is 1.06 bits per heavy atom. The molecule has 17 aromatic carbocycles. The predicted molar refractivity (Wildman–Crippen MR) is 493 cm³/mol. The fourth-order valence-corrected chi connectivity index (χ4v) is 22.6. The molecule has 0 unspecified atom stereocenters. The maximum atomic E-state index is 5.11. The first-order chi connectivity index (χ1) is 57.4. The quantitative estimate of drug-likeness (QED) is 0.175. The number of aromatic nitrogens is 9. The monoisotopic (exact) mass is 1530 g/mol. The lowest BCUT2D eigenvalue weighted by Crippen LogP contribution is -1.88. The predicted octanol–water partition coefficient (Wildman–Crippen LogP) is 28.8. The molecule has 0 radical (unpaired) electrons. The van der Waals surface area contributed by atoms with E-state index in [0.29, 0.717) is 0 Å². The molecule has 12 heteroatoms. The summed E-state index contributed by atoms with van der Waals surface area (Å²) < 4.78 is 14.8. The molecular weight excluding hydrogens is 1470 g/mol. The first-order valence-corrected chi connectivity index (χ1v) is 41.6. The second-order valence-corrected chi connectivity index (χ2v) is 34.0. The van der Waals surface area contributed by atoms with E-state index in [4.69, 9.17) is 29.9 Å². The molecule has 12 heterocycles. The zero-order valence-electron chi connectivity index (χ0n) is 61.5. The van der Waals surface area contributed by atoms with Crippen LogP contribution in [0.15, 0.2) is 334 Å². The van der Waals surface area contributed by atoms with E-state index < -0.39 is 0 Å². The number of nitrogens with zero attached hydrogens (tertiary/aromatic N) is 9. The minimum Gasteiger partial charge on any atom is -0.291 e. The number of fused-ring (bicyclic) bond motifs is 32. The summed E-state index contributed by atoms with van der Waals surface area (Å²) in [6.45, 7) is 0. The van der Waals surface area contributed by atoms with Gasteiger partial charge in [-0.2, -0.15) is 0 Å². The highest BCUT2D eigenvalue weighted by Crippen LogP contribution is 2.49. The Morgan fingerprint density at radius 1 is 0.181 bits per heavy atom. The first kappa shape index (κ1) is 62.9. The molecule has 0 fully saturated rings. The van der Waals surface area contributed by atoms with E-state index >= 15 is 0 Å². The minimum atomic E-state index is 0.924. The van der Waals surface area contributed by atoms with Crippen molar-refractivity contribution >= 4 is 264 Å². The van der Waals surface area contributed by atoms with Crippen LogP contribution < -0.4 is 0 Å². The summed E-state index contributed by atoms with van der Waals surface area (Å²) in [6, 6.07) is 120. The van der Waals surface area contributed by atoms with Gasteiger partial charge in [0.2, 0.25) is 0 Å². The van der Waals surface area contributed by atoms with E-state index in [1.807, 2.05) is 107 Å². The minimum absolute atomic E-state index is 0.924. The highest BCUT2D eigenvalue weighted by Gasteiger charge is 2.26. The Kier molecular flexibility index (Phi) is 12.7. The van der Waals surface area contributed by atoms with Crippen molar-refractivity contribution in [1.82, 2.24) is 43.1 Å². The number of hydrogen-bond donors (Lipinski definition) is 0. The molecule has 29 aromatic rings. The number of hydrogen-bond acceptors (Lipinski definition) is 9. The van der Waals surface area contributed by atoms with E-state index in [-0.39, 0.29) is 0 Å². The molecule has 0 bridgehead atoms. The van der Waals surface area contributed by atoms with Crippen molar-refractivity contribution in [2.75, 3.05) is 0 Å². The summed E-state index contributed by atoms with van der Waals surface area (Å²) in [5.41, 5.74) is 26.0. The van der Waals surface area contributed by atoms with Gasteiger partial charge in [0.25, 0.3) is 0 Å². The lowest BCUT2D eigenvalue weighted by molar-refractivity contribution is 1.28. The van der Waals surface area contributed by atoms with Gasteiger partial charge in [0.1, 0.15) is 16.6 Å². The van der Waals surface area contributed by atoms with Crippen LogP contribution in [0.1, 0.15) is 0 Å². The molecule has 534 valence electrons. The summed E-state index contributed by atoms with van der Waals surface area (Å²) >= 11 is 5.60. The molecule has 0 saturated heterocycles. The topological polar surface area (TPSA) is 90.6 Å². The van der Waals surface area contributed by atoms with Crippen LogP contribution in [0.3, 0.4) is 0 Å². The van der Waals surface area contributed by atoms with Gasteiger partial charge >= 0.3 is 0 Å². The van der Waals surface area contributed by atoms with Gasteiger partial charge in [0, 0.05) is 109 Å². The van der Waals surface area contributed by atoms with Gasteiger partial charge in [-0.15, -0.1) is 34.0 Å². The van der Waals surface area contributed by atoms with Crippen molar-refractivity contribution < 1.29 is 0 Å². The van der Waals surface area contributed by atoms with Crippen LogP contribution in [0.4, 0.5) is 0 Å². The normalized spacial score (nSPS) is 12.5. The van der Waals surface area contributed by atoms with Crippen molar-refractivity contribution in [1.29, 1.82) is 0 Å². The van der Waals surface area contributed by atoms with Crippen molar-refractivity contribution in [2.24, 2.45) is 0 Å². The molecule has 12 aromatic heterocycles. The van der Waals surface area contributed by atoms with Crippen LogP contribution in [-0.2, 0) is 0 Å². The van der Waals surface area contributed by atoms with E-state index in [0.717, 1.165) is 82.8 Å². The first-order valence-electron chi connectivity index (χ1n) is 39.1. The Balaban J connectivity index is 0.0000000933. The maximum absolute atomic E-state index is 5.11. The van der Waals surface area contributed by atoms with Gasteiger partial charge in [-0.3, -0.25) is 13.2 Å². The van der Waals surface area contributed by atoms with E-state index in [2.05, 4.69) is 274 Å². The molecule has 0 aliphatic heterocycles. The summed E-state index contributed by atoms with van der Waals surface area (Å²) in [5, 5.41) is 24.0. The zero-order chi connectivity index (χ0) is 75.3. The average molecular weight is 1530 g/mol. The molecule has 0 aliphatic carbocycles. The Hall–Kier alpha value is -14.7. The third-order valence-electron chi connectivity index (χ3n) is 24.5. The van der Waals surface area contributed by atoms with Gasteiger partial charge in [-0.05, 0) is 158 Å². The summed E-state index contributed by atoms with van der Waals surface area (Å²) in [7, 11) is 0. The molecule has 0 saturated carbocycles. The van der Waals surface area contributed by atoms with Crippen LogP contribution in [0, 0.1) is 0 Å². The molecule has 0 atom stereocenters. The van der Waals surface area contributed by atoms with Crippen molar-refractivity contribution in [3.63, 3.8) is 0 Å². The van der Waals surface area contributed by atoms with Crippen molar-refractivity contribution in [3.05, 3.63) is 334 Å². The molecule has 0 amide bonds. The van der Waals surface area contributed by atoms with E-state index in [1.165, 1.54) is 181 Å². The number of para-hydroxylation sites is 9. The fourth-order valence-electron chi connectivity index (χ4n) is 19.2. The molecule has 0 spiro atoms. The zero-order valence-corrected chi connectivity index (χ0v) is 64.0. The molecule has 0 aliphatic rings. The van der Waals surface area contributed by atoms with Gasteiger partial charge < -0.3 is 0 Å². The number of thiophene rings is 3. The van der Waals surface area contributed by atoms with Crippen LogP contribution in [-0.4, -0.2) is 43.1 Å². The Labute approximate surface area is 669 Å². The SMILES string of the molecule is c1ccc(-c2ccc3c(c2)sc2cc4c(cc23)c2cccc3c5nc6ccccc6nc5n4c23)cc1.c1ccc2c(-c3ccc4c(c3)sc3cc5c(cc34)c3cccc4c6nc7ccccc7nc6n5c34)cccc2c1.c1ccc2cc(-c3ccc4sc5cc6c(cc5c4c3)c3cccc4c5nc7ccccc7nc5n6c34)ccc2c1. The van der Waals surface area contributed by atoms with Gasteiger partial charge in [-0.1, -0.05) is 231 Å². The highest BCUT2D eigenvalue weighted by atomic mass is 32.1. The largest absolute Gasteiger partial charge is 0.291 e. The average Bonchev–Trinajstić information content (AvgIpc) is 1.54. The van der Waals surface area contributed by atoms with E-state index in [9.17, 15) is 0 Å². The Bertz CT molecular complexity index is 9330. The van der Waals surface area contributed by atoms with Crippen LogP contribution in [0.5, 0.6) is 0 Å². The maximum Gasteiger partial charge on any atom is 0.165 e.